The molecule has 3 rings (SSSR count). The molecule has 0 unspecified atom stereocenters. The first-order valence-corrected chi connectivity index (χ1v) is 8.59. The fourth-order valence-corrected chi connectivity index (χ4v) is 3.36. The molecule has 1 saturated heterocycles. The Morgan fingerprint density at radius 3 is 2.95 bits per heavy atom. The van der Waals surface area contributed by atoms with Gasteiger partial charge in [0.25, 0.3) is 0 Å². The van der Waals surface area contributed by atoms with Crippen LogP contribution in [-0.2, 0) is 10.0 Å². The van der Waals surface area contributed by atoms with Gasteiger partial charge in [0.15, 0.2) is 0 Å². The molecule has 0 amide bonds. The molecule has 21 heavy (non-hydrogen) atoms. The molecule has 3 heterocycles. The minimum absolute atomic E-state index is 0.0570. The van der Waals surface area contributed by atoms with Gasteiger partial charge in [-0.05, 0) is 25.0 Å². The Hall–Kier alpha value is -1.80. The number of aromatic nitrogens is 3. The Balaban J connectivity index is 1.80. The predicted molar refractivity (Wildman–Crippen MR) is 75.9 cm³/mol. The second-order valence-corrected chi connectivity index (χ2v) is 7.11. The van der Waals surface area contributed by atoms with Gasteiger partial charge in [-0.3, -0.25) is 4.98 Å². The Kier molecular flexibility index (Phi) is 3.73. The van der Waals surface area contributed by atoms with E-state index in [-0.39, 0.29) is 5.92 Å². The molecule has 0 aromatic carbocycles. The van der Waals surface area contributed by atoms with Crippen molar-refractivity contribution in [2.75, 3.05) is 19.3 Å². The third-order valence-corrected chi connectivity index (χ3v) is 4.81. The van der Waals surface area contributed by atoms with Crippen molar-refractivity contribution in [1.29, 1.82) is 0 Å². The summed E-state index contributed by atoms with van der Waals surface area (Å²) < 4.78 is 30.0. The second-order valence-electron chi connectivity index (χ2n) is 5.13. The average molecular weight is 308 g/mol. The van der Waals surface area contributed by atoms with Crippen molar-refractivity contribution in [3.05, 3.63) is 30.3 Å². The van der Waals surface area contributed by atoms with E-state index in [0.29, 0.717) is 30.5 Å². The summed E-state index contributed by atoms with van der Waals surface area (Å²) in [6.45, 7) is 0.944. The van der Waals surface area contributed by atoms with Crippen molar-refractivity contribution in [2.24, 2.45) is 0 Å². The smallest absolute Gasteiger partial charge is 0.231 e. The molecule has 0 bridgehead atoms. The highest BCUT2D eigenvalue weighted by Gasteiger charge is 2.30. The Bertz CT molecular complexity index is 714. The van der Waals surface area contributed by atoms with Crippen molar-refractivity contribution in [3.63, 3.8) is 0 Å². The van der Waals surface area contributed by atoms with Gasteiger partial charge >= 0.3 is 0 Å². The SMILES string of the molecule is CS(=O)(=O)N1CCC[C@H](c2nc(-c3ccccn3)no2)C1. The number of piperidine rings is 1. The molecule has 1 aliphatic heterocycles. The highest BCUT2D eigenvalue weighted by molar-refractivity contribution is 7.88. The van der Waals surface area contributed by atoms with Crippen LogP contribution in [0.5, 0.6) is 0 Å². The van der Waals surface area contributed by atoms with Gasteiger partial charge in [-0.2, -0.15) is 4.98 Å². The van der Waals surface area contributed by atoms with Crippen LogP contribution in [0.4, 0.5) is 0 Å². The molecular formula is C13H16N4O3S. The van der Waals surface area contributed by atoms with Crippen LogP contribution in [-0.4, -0.2) is 47.2 Å². The van der Waals surface area contributed by atoms with E-state index in [2.05, 4.69) is 15.1 Å². The van der Waals surface area contributed by atoms with Gasteiger partial charge in [-0.1, -0.05) is 11.2 Å². The van der Waals surface area contributed by atoms with Crippen molar-refractivity contribution in [3.8, 4) is 11.5 Å². The molecule has 7 nitrogen and oxygen atoms in total. The Morgan fingerprint density at radius 2 is 2.24 bits per heavy atom. The van der Waals surface area contributed by atoms with Gasteiger partial charge < -0.3 is 4.52 Å². The zero-order valence-electron chi connectivity index (χ0n) is 11.6. The second kappa shape index (κ2) is 5.53. The fraction of sp³-hybridized carbons (Fsp3) is 0.462. The monoisotopic (exact) mass is 308 g/mol. The first-order valence-electron chi connectivity index (χ1n) is 6.74. The van der Waals surface area contributed by atoms with E-state index in [4.69, 9.17) is 4.52 Å². The third kappa shape index (κ3) is 3.11. The van der Waals surface area contributed by atoms with Crippen LogP contribution in [0.2, 0.25) is 0 Å². The standard InChI is InChI=1S/C13H16N4O3S/c1-21(18,19)17-8-4-5-10(9-17)13-15-12(16-20-13)11-6-2-3-7-14-11/h2-3,6-7,10H,4-5,8-9H2,1H3/t10-/m0/s1. The van der Waals surface area contributed by atoms with Crippen molar-refractivity contribution in [1.82, 2.24) is 19.4 Å². The van der Waals surface area contributed by atoms with Crippen LogP contribution >= 0.6 is 0 Å². The first kappa shape index (κ1) is 14.2. The van der Waals surface area contributed by atoms with Crippen LogP contribution in [0.3, 0.4) is 0 Å². The Morgan fingerprint density at radius 1 is 1.38 bits per heavy atom. The maximum Gasteiger partial charge on any atom is 0.231 e. The average Bonchev–Trinajstić information content (AvgIpc) is 2.97. The van der Waals surface area contributed by atoms with Crippen molar-refractivity contribution < 1.29 is 12.9 Å². The summed E-state index contributed by atoms with van der Waals surface area (Å²) in [6, 6.07) is 5.47. The summed E-state index contributed by atoms with van der Waals surface area (Å²) in [7, 11) is -3.18. The zero-order chi connectivity index (χ0) is 14.9. The highest BCUT2D eigenvalue weighted by atomic mass is 32.2. The van der Waals surface area contributed by atoms with Crippen LogP contribution in [0, 0.1) is 0 Å². The summed E-state index contributed by atoms with van der Waals surface area (Å²) in [4.78, 5) is 8.53. The summed E-state index contributed by atoms with van der Waals surface area (Å²) in [5.74, 6) is 0.851. The molecule has 0 aliphatic carbocycles. The normalized spacial score (nSPS) is 20.5. The molecule has 0 saturated carbocycles. The van der Waals surface area contributed by atoms with Crippen LogP contribution in [0.15, 0.2) is 28.9 Å². The summed E-state index contributed by atoms with van der Waals surface area (Å²) in [6.07, 6.45) is 4.52. The maximum atomic E-state index is 11.6. The lowest BCUT2D eigenvalue weighted by atomic mass is 10.00. The minimum Gasteiger partial charge on any atom is -0.339 e. The molecule has 1 aliphatic rings. The Labute approximate surface area is 123 Å². The van der Waals surface area contributed by atoms with E-state index in [9.17, 15) is 8.42 Å². The van der Waals surface area contributed by atoms with Gasteiger partial charge in [0.1, 0.15) is 5.69 Å². The number of nitrogens with zero attached hydrogens (tertiary/aromatic N) is 4. The summed E-state index contributed by atoms with van der Waals surface area (Å²) in [5.41, 5.74) is 0.642. The van der Waals surface area contributed by atoms with E-state index >= 15 is 0 Å². The quantitative estimate of drug-likeness (QED) is 0.848. The minimum atomic E-state index is -3.18. The van der Waals surface area contributed by atoms with Gasteiger partial charge in [0.2, 0.25) is 21.7 Å². The summed E-state index contributed by atoms with van der Waals surface area (Å²) in [5, 5.41) is 3.93. The van der Waals surface area contributed by atoms with E-state index in [0.717, 1.165) is 12.8 Å². The lowest BCUT2D eigenvalue weighted by Crippen LogP contribution is -2.38. The number of rotatable bonds is 3. The molecule has 1 fully saturated rings. The van der Waals surface area contributed by atoms with E-state index in [1.165, 1.54) is 10.6 Å². The third-order valence-electron chi connectivity index (χ3n) is 3.54. The van der Waals surface area contributed by atoms with Gasteiger partial charge in [-0.15, -0.1) is 0 Å². The van der Waals surface area contributed by atoms with Gasteiger partial charge in [-0.25, -0.2) is 12.7 Å². The lowest BCUT2D eigenvalue weighted by Gasteiger charge is -2.28. The zero-order valence-corrected chi connectivity index (χ0v) is 12.5. The summed E-state index contributed by atoms with van der Waals surface area (Å²) >= 11 is 0. The fourth-order valence-electron chi connectivity index (χ4n) is 2.45. The molecule has 0 spiro atoms. The van der Waals surface area contributed by atoms with Gasteiger partial charge in [0.05, 0.1) is 12.2 Å². The van der Waals surface area contributed by atoms with Crippen molar-refractivity contribution >= 4 is 10.0 Å². The molecule has 0 radical (unpaired) electrons. The van der Waals surface area contributed by atoms with E-state index in [1.54, 1.807) is 12.3 Å². The predicted octanol–water partition coefficient (Wildman–Crippen LogP) is 1.27. The maximum absolute atomic E-state index is 11.6. The molecule has 2 aromatic heterocycles. The highest BCUT2D eigenvalue weighted by Crippen LogP contribution is 2.28. The number of sulfonamides is 1. The van der Waals surface area contributed by atoms with Crippen LogP contribution in [0.1, 0.15) is 24.7 Å². The topological polar surface area (TPSA) is 89.2 Å². The lowest BCUT2D eigenvalue weighted by molar-refractivity contribution is 0.266. The molecule has 2 aromatic rings. The largest absolute Gasteiger partial charge is 0.339 e. The van der Waals surface area contributed by atoms with Gasteiger partial charge in [0, 0.05) is 19.3 Å². The molecule has 112 valence electrons. The van der Waals surface area contributed by atoms with Crippen LogP contribution < -0.4 is 0 Å². The number of hydrogen-bond acceptors (Lipinski definition) is 6. The molecule has 1 atom stereocenters. The van der Waals surface area contributed by atoms with E-state index < -0.39 is 10.0 Å². The van der Waals surface area contributed by atoms with Crippen LogP contribution in [0.25, 0.3) is 11.5 Å². The number of hydrogen-bond donors (Lipinski definition) is 0. The van der Waals surface area contributed by atoms with E-state index in [1.807, 2.05) is 12.1 Å². The number of pyridine rings is 1. The van der Waals surface area contributed by atoms with Crippen molar-refractivity contribution in [2.45, 2.75) is 18.8 Å². The first-order chi connectivity index (χ1) is 10.0. The molecular weight excluding hydrogens is 292 g/mol. The molecule has 8 heteroatoms. The molecule has 0 N–H and O–H groups in total.